The van der Waals surface area contributed by atoms with Crippen LogP contribution in [0.2, 0.25) is 0 Å². The lowest BCUT2D eigenvalue weighted by atomic mass is 10.1. The summed E-state index contributed by atoms with van der Waals surface area (Å²) in [5.41, 5.74) is 2.67. The van der Waals surface area contributed by atoms with Crippen molar-refractivity contribution in [2.24, 2.45) is 0 Å². The van der Waals surface area contributed by atoms with Gasteiger partial charge in [0.2, 0.25) is 5.91 Å². The maximum absolute atomic E-state index is 12.1. The van der Waals surface area contributed by atoms with Gasteiger partial charge in [-0.2, -0.15) is 0 Å². The maximum Gasteiger partial charge on any atom is 0.221 e. The minimum Gasteiger partial charge on any atom is -0.507 e. The Labute approximate surface area is 129 Å². The van der Waals surface area contributed by atoms with Gasteiger partial charge in [-0.15, -0.1) is 0 Å². The van der Waals surface area contributed by atoms with Gasteiger partial charge in [0.1, 0.15) is 5.75 Å². The summed E-state index contributed by atoms with van der Waals surface area (Å²) in [6.07, 6.45) is 3.12. The number of phenolic OH excluding ortho intramolecular Hbond substituents is 1. The average Bonchev–Trinajstić information content (AvgIpc) is 2.44. The Balaban J connectivity index is 2.17. The fraction of sp³-hybridized carbons (Fsp3) is 0.111. The Kier molecular flexibility index (Phi) is 4.73. The lowest BCUT2D eigenvalue weighted by Gasteiger charge is -2.05. The number of aryl methyl sites for hydroxylation is 1. The van der Waals surface area contributed by atoms with Crippen LogP contribution in [0.4, 0.5) is 5.69 Å². The number of anilines is 1. The number of hydrogen-bond acceptors (Lipinski definition) is 3. The highest BCUT2D eigenvalue weighted by Crippen LogP contribution is 2.23. The molecule has 0 atom stereocenters. The highest BCUT2D eigenvalue weighted by atomic mass is 16.3. The van der Waals surface area contributed by atoms with Crippen molar-refractivity contribution >= 4 is 23.5 Å². The van der Waals surface area contributed by atoms with Gasteiger partial charge in [0.25, 0.3) is 0 Å². The zero-order valence-electron chi connectivity index (χ0n) is 12.5. The van der Waals surface area contributed by atoms with Gasteiger partial charge in [-0.3, -0.25) is 9.59 Å². The van der Waals surface area contributed by atoms with E-state index in [2.05, 4.69) is 5.32 Å². The Hall–Kier alpha value is -2.88. The lowest BCUT2D eigenvalue weighted by molar-refractivity contribution is -0.114. The molecule has 0 aliphatic rings. The number of aromatic hydroxyl groups is 1. The van der Waals surface area contributed by atoms with E-state index in [1.165, 1.54) is 25.1 Å². The molecule has 0 spiro atoms. The first-order chi connectivity index (χ1) is 10.5. The molecule has 0 radical (unpaired) electrons. The van der Waals surface area contributed by atoms with Crippen molar-refractivity contribution < 1.29 is 14.7 Å². The molecule has 2 aromatic rings. The van der Waals surface area contributed by atoms with Crippen molar-refractivity contribution in [1.29, 1.82) is 0 Å². The van der Waals surface area contributed by atoms with Crippen LogP contribution >= 0.6 is 0 Å². The van der Waals surface area contributed by atoms with Gasteiger partial charge in [-0.05, 0) is 30.7 Å². The summed E-state index contributed by atoms with van der Waals surface area (Å²) in [6, 6.07) is 12.2. The second-order valence-electron chi connectivity index (χ2n) is 5.02. The average molecular weight is 295 g/mol. The standard InChI is InChI=1S/C18H17NO3/c1-12-4-3-5-14(10-12)6-9-17(21)16-8-7-15(11-18(16)22)19-13(2)20/h3-11,22H,1-2H3,(H,19,20)/b9-6+. The third-order valence-electron chi connectivity index (χ3n) is 3.05. The zero-order valence-corrected chi connectivity index (χ0v) is 12.5. The quantitative estimate of drug-likeness (QED) is 0.669. The number of benzene rings is 2. The molecule has 0 unspecified atom stereocenters. The molecule has 0 saturated carbocycles. The molecule has 4 nitrogen and oxygen atoms in total. The van der Waals surface area contributed by atoms with E-state index < -0.39 is 0 Å². The molecule has 4 heteroatoms. The van der Waals surface area contributed by atoms with Crippen molar-refractivity contribution in [3.8, 4) is 5.75 Å². The predicted octanol–water partition coefficient (Wildman–Crippen LogP) is 3.56. The highest BCUT2D eigenvalue weighted by Gasteiger charge is 2.09. The molecule has 0 heterocycles. The third kappa shape index (κ3) is 4.06. The Morgan fingerprint density at radius 1 is 1.14 bits per heavy atom. The van der Waals surface area contributed by atoms with E-state index in [9.17, 15) is 14.7 Å². The number of rotatable bonds is 4. The summed E-state index contributed by atoms with van der Waals surface area (Å²) >= 11 is 0. The van der Waals surface area contributed by atoms with Gasteiger partial charge in [0.05, 0.1) is 5.56 Å². The van der Waals surface area contributed by atoms with Gasteiger partial charge < -0.3 is 10.4 Å². The number of carbonyl (C=O) groups excluding carboxylic acids is 2. The number of allylic oxidation sites excluding steroid dienone is 1. The zero-order chi connectivity index (χ0) is 16.1. The Morgan fingerprint density at radius 2 is 1.91 bits per heavy atom. The molecular weight excluding hydrogens is 278 g/mol. The second-order valence-corrected chi connectivity index (χ2v) is 5.02. The van der Waals surface area contributed by atoms with Crippen LogP contribution in [-0.4, -0.2) is 16.8 Å². The third-order valence-corrected chi connectivity index (χ3v) is 3.05. The van der Waals surface area contributed by atoms with Crippen LogP contribution in [-0.2, 0) is 4.79 Å². The largest absolute Gasteiger partial charge is 0.507 e. The van der Waals surface area contributed by atoms with Gasteiger partial charge in [-0.1, -0.05) is 35.9 Å². The monoisotopic (exact) mass is 295 g/mol. The smallest absolute Gasteiger partial charge is 0.221 e. The number of hydrogen-bond donors (Lipinski definition) is 2. The molecule has 22 heavy (non-hydrogen) atoms. The van der Waals surface area contributed by atoms with Gasteiger partial charge in [-0.25, -0.2) is 0 Å². The first-order valence-corrected chi connectivity index (χ1v) is 6.85. The second kappa shape index (κ2) is 6.72. The first kappa shape index (κ1) is 15.5. The summed E-state index contributed by atoms with van der Waals surface area (Å²) in [5, 5.41) is 12.5. The molecule has 0 saturated heterocycles. The van der Waals surface area contributed by atoms with E-state index in [1.807, 2.05) is 31.2 Å². The summed E-state index contributed by atoms with van der Waals surface area (Å²) in [6.45, 7) is 3.35. The van der Waals surface area contributed by atoms with Crippen molar-refractivity contribution in [2.45, 2.75) is 13.8 Å². The molecule has 2 rings (SSSR count). The van der Waals surface area contributed by atoms with E-state index in [1.54, 1.807) is 12.1 Å². The first-order valence-electron chi connectivity index (χ1n) is 6.85. The van der Waals surface area contributed by atoms with E-state index in [0.29, 0.717) is 5.69 Å². The van der Waals surface area contributed by atoms with E-state index in [0.717, 1.165) is 11.1 Å². The number of phenols is 1. The molecule has 0 fully saturated rings. The molecule has 1 amide bonds. The number of carbonyl (C=O) groups is 2. The molecule has 112 valence electrons. The molecule has 2 N–H and O–H groups in total. The molecule has 0 aliphatic heterocycles. The number of amides is 1. The predicted molar refractivity (Wildman–Crippen MR) is 87.0 cm³/mol. The van der Waals surface area contributed by atoms with Crippen LogP contribution in [0.25, 0.3) is 6.08 Å². The fourth-order valence-corrected chi connectivity index (χ4v) is 2.06. The van der Waals surface area contributed by atoms with Crippen LogP contribution in [0, 0.1) is 6.92 Å². The van der Waals surface area contributed by atoms with E-state index in [4.69, 9.17) is 0 Å². The van der Waals surface area contributed by atoms with E-state index in [-0.39, 0.29) is 23.0 Å². The number of ketones is 1. The molecule has 2 aromatic carbocycles. The van der Waals surface area contributed by atoms with E-state index >= 15 is 0 Å². The minimum atomic E-state index is -0.298. The van der Waals surface area contributed by atoms with Gasteiger partial charge in [0, 0.05) is 18.7 Å². The summed E-state index contributed by atoms with van der Waals surface area (Å²) in [5.74, 6) is -0.698. The SMILES string of the molecule is CC(=O)Nc1ccc(C(=O)/C=C/c2cccc(C)c2)c(O)c1. The Morgan fingerprint density at radius 3 is 2.55 bits per heavy atom. The van der Waals surface area contributed by atoms with Crippen molar-refractivity contribution in [2.75, 3.05) is 5.32 Å². The van der Waals surface area contributed by atoms with Gasteiger partial charge >= 0.3 is 0 Å². The summed E-state index contributed by atoms with van der Waals surface area (Å²) in [7, 11) is 0. The van der Waals surface area contributed by atoms with Crippen LogP contribution < -0.4 is 5.32 Å². The minimum absolute atomic E-state index is 0.162. The van der Waals surface area contributed by atoms with Crippen molar-refractivity contribution in [3.05, 3.63) is 65.2 Å². The van der Waals surface area contributed by atoms with Gasteiger partial charge in [0.15, 0.2) is 5.78 Å². The Bertz CT molecular complexity index is 748. The fourth-order valence-electron chi connectivity index (χ4n) is 2.06. The van der Waals surface area contributed by atoms with Crippen LogP contribution in [0.15, 0.2) is 48.5 Å². The van der Waals surface area contributed by atoms with Crippen LogP contribution in [0.5, 0.6) is 5.75 Å². The topological polar surface area (TPSA) is 66.4 Å². The summed E-state index contributed by atoms with van der Waals surface area (Å²) < 4.78 is 0. The van der Waals surface area contributed by atoms with Crippen molar-refractivity contribution in [3.63, 3.8) is 0 Å². The highest BCUT2D eigenvalue weighted by molar-refractivity contribution is 6.09. The normalized spacial score (nSPS) is 10.6. The maximum atomic E-state index is 12.1. The van der Waals surface area contributed by atoms with Crippen LogP contribution in [0.1, 0.15) is 28.4 Å². The molecule has 0 aromatic heterocycles. The van der Waals surface area contributed by atoms with Crippen LogP contribution in [0.3, 0.4) is 0 Å². The molecular formula is C18H17NO3. The number of nitrogens with one attached hydrogen (secondary N) is 1. The lowest BCUT2D eigenvalue weighted by Crippen LogP contribution is -2.06. The molecule has 0 bridgehead atoms. The summed E-state index contributed by atoms with van der Waals surface area (Å²) in [4.78, 5) is 23.1. The molecule has 0 aliphatic carbocycles. The van der Waals surface area contributed by atoms with Crippen molar-refractivity contribution in [1.82, 2.24) is 0 Å².